The van der Waals surface area contributed by atoms with E-state index in [1.807, 2.05) is 6.92 Å². The molecule has 0 aromatic carbocycles. The van der Waals surface area contributed by atoms with Crippen LogP contribution < -0.4 is 0 Å². The Hall–Kier alpha value is 0.400. The van der Waals surface area contributed by atoms with E-state index in [4.69, 9.17) is 9.47 Å². The molecule has 0 radical (unpaired) electrons. The van der Waals surface area contributed by atoms with E-state index >= 15 is 0 Å². The minimum Gasteiger partial charge on any atom is -0.376 e. The van der Waals surface area contributed by atoms with Crippen LogP contribution in [0.4, 0.5) is 0 Å². The second-order valence-corrected chi connectivity index (χ2v) is 4.26. The summed E-state index contributed by atoms with van der Waals surface area (Å²) in [6, 6.07) is 0. The molecule has 0 aliphatic heterocycles. The molecule has 3 heteroatoms. The predicted molar refractivity (Wildman–Crippen MR) is 52.8 cm³/mol. The lowest BCUT2D eigenvalue weighted by Crippen LogP contribution is -2.50. The van der Waals surface area contributed by atoms with Gasteiger partial charge in [-0.2, -0.15) is 0 Å². The molecule has 2 nitrogen and oxygen atoms in total. The quantitative estimate of drug-likeness (QED) is 0.683. The van der Waals surface area contributed by atoms with Gasteiger partial charge in [0.05, 0.1) is 12.2 Å². The summed E-state index contributed by atoms with van der Waals surface area (Å²) >= 11 is 3.56. The van der Waals surface area contributed by atoms with E-state index in [1.54, 1.807) is 0 Å². The lowest BCUT2D eigenvalue weighted by molar-refractivity contribution is -0.118. The van der Waals surface area contributed by atoms with Crippen LogP contribution in [-0.2, 0) is 9.47 Å². The van der Waals surface area contributed by atoms with Gasteiger partial charge in [0.15, 0.2) is 0 Å². The number of halogens is 1. The van der Waals surface area contributed by atoms with E-state index in [2.05, 4.69) is 22.9 Å². The van der Waals surface area contributed by atoms with Crippen LogP contribution in [0.25, 0.3) is 0 Å². The van der Waals surface area contributed by atoms with Crippen molar-refractivity contribution in [2.45, 2.75) is 43.7 Å². The molecule has 0 amide bonds. The van der Waals surface area contributed by atoms with Crippen molar-refractivity contribution in [3.05, 3.63) is 0 Å². The second-order valence-electron chi connectivity index (χ2n) is 3.08. The highest BCUT2D eigenvalue weighted by molar-refractivity contribution is 9.09. The van der Waals surface area contributed by atoms with Gasteiger partial charge in [-0.1, -0.05) is 22.9 Å². The smallest absolute Gasteiger partial charge is 0.0962 e. The molecule has 0 heterocycles. The van der Waals surface area contributed by atoms with E-state index in [-0.39, 0.29) is 6.10 Å². The molecule has 0 bridgehead atoms. The Balaban J connectivity index is 2.19. The molecule has 3 atom stereocenters. The summed E-state index contributed by atoms with van der Waals surface area (Å²) in [4.78, 5) is 0.501. The van der Waals surface area contributed by atoms with E-state index in [9.17, 15) is 0 Å². The predicted octanol–water partition coefficient (Wildman–Crippen LogP) is 2.35. The van der Waals surface area contributed by atoms with E-state index < -0.39 is 0 Å². The third kappa shape index (κ3) is 2.44. The number of hydrogen-bond acceptors (Lipinski definition) is 2. The Morgan fingerprint density at radius 3 is 2.58 bits per heavy atom. The first-order chi connectivity index (χ1) is 5.79. The average molecular weight is 237 g/mol. The molecular weight excluding hydrogens is 220 g/mol. The Morgan fingerprint density at radius 2 is 2.08 bits per heavy atom. The maximum atomic E-state index is 5.63. The van der Waals surface area contributed by atoms with Gasteiger partial charge >= 0.3 is 0 Å². The summed E-state index contributed by atoms with van der Waals surface area (Å²) in [6.45, 7) is 5.78. The summed E-state index contributed by atoms with van der Waals surface area (Å²) in [5.74, 6) is 0. The summed E-state index contributed by atoms with van der Waals surface area (Å²) < 4.78 is 11.1. The van der Waals surface area contributed by atoms with E-state index in [1.165, 1.54) is 0 Å². The summed E-state index contributed by atoms with van der Waals surface area (Å²) in [7, 11) is 0. The first kappa shape index (κ1) is 10.5. The first-order valence-corrected chi connectivity index (χ1v) is 5.58. The summed E-state index contributed by atoms with van der Waals surface area (Å²) in [6.07, 6.45) is 2.77. The zero-order chi connectivity index (χ0) is 8.97. The van der Waals surface area contributed by atoms with Gasteiger partial charge in [0, 0.05) is 18.0 Å². The average Bonchev–Trinajstić information content (AvgIpc) is 2.05. The van der Waals surface area contributed by atoms with Gasteiger partial charge in [-0.05, 0) is 19.8 Å². The van der Waals surface area contributed by atoms with Gasteiger partial charge in [0.25, 0.3) is 0 Å². The SMILES string of the molecule is CCCOC1C(Br)CC1OCC. The van der Waals surface area contributed by atoms with Gasteiger partial charge in [-0.3, -0.25) is 0 Å². The molecule has 1 aliphatic rings. The largest absolute Gasteiger partial charge is 0.376 e. The van der Waals surface area contributed by atoms with E-state index in [0.717, 1.165) is 26.1 Å². The Morgan fingerprint density at radius 1 is 1.33 bits per heavy atom. The normalized spacial score (nSPS) is 34.8. The Bertz CT molecular complexity index is 128. The molecule has 0 aromatic heterocycles. The van der Waals surface area contributed by atoms with Gasteiger partial charge in [0.1, 0.15) is 0 Å². The van der Waals surface area contributed by atoms with Crippen molar-refractivity contribution in [1.82, 2.24) is 0 Å². The lowest BCUT2D eigenvalue weighted by Gasteiger charge is -2.40. The van der Waals surface area contributed by atoms with Gasteiger partial charge < -0.3 is 9.47 Å². The molecule has 0 N–H and O–H groups in total. The maximum Gasteiger partial charge on any atom is 0.0962 e. The second kappa shape index (κ2) is 5.20. The van der Waals surface area contributed by atoms with Crippen LogP contribution in [0, 0.1) is 0 Å². The monoisotopic (exact) mass is 236 g/mol. The molecule has 0 spiro atoms. The number of hydrogen-bond donors (Lipinski definition) is 0. The minimum atomic E-state index is 0.282. The van der Waals surface area contributed by atoms with Crippen molar-refractivity contribution in [2.24, 2.45) is 0 Å². The van der Waals surface area contributed by atoms with Crippen LogP contribution in [0.3, 0.4) is 0 Å². The standard InChI is InChI=1S/C9H17BrO2/c1-3-5-12-9-7(10)6-8(9)11-4-2/h7-9H,3-6H2,1-2H3. The van der Waals surface area contributed by atoms with Crippen LogP contribution in [-0.4, -0.2) is 30.2 Å². The minimum absolute atomic E-state index is 0.282. The van der Waals surface area contributed by atoms with Crippen molar-refractivity contribution in [3.8, 4) is 0 Å². The lowest BCUT2D eigenvalue weighted by atomic mass is 9.91. The fourth-order valence-corrected chi connectivity index (χ4v) is 2.23. The van der Waals surface area contributed by atoms with Crippen molar-refractivity contribution >= 4 is 15.9 Å². The van der Waals surface area contributed by atoms with E-state index in [0.29, 0.717) is 10.9 Å². The highest BCUT2D eigenvalue weighted by Crippen LogP contribution is 2.33. The Kier molecular flexibility index (Phi) is 4.54. The van der Waals surface area contributed by atoms with Crippen molar-refractivity contribution < 1.29 is 9.47 Å². The summed E-state index contributed by atoms with van der Waals surface area (Å²) in [5, 5.41) is 0. The molecule has 0 saturated heterocycles. The molecule has 1 aliphatic carbocycles. The van der Waals surface area contributed by atoms with Crippen LogP contribution in [0.15, 0.2) is 0 Å². The number of ether oxygens (including phenoxy) is 2. The zero-order valence-corrected chi connectivity index (χ0v) is 9.34. The molecular formula is C9H17BrO2. The fourth-order valence-electron chi connectivity index (χ4n) is 1.37. The highest BCUT2D eigenvalue weighted by Gasteiger charge is 2.40. The zero-order valence-electron chi connectivity index (χ0n) is 7.75. The number of alkyl halides is 1. The van der Waals surface area contributed by atoms with Crippen molar-refractivity contribution in [1.29, 1.82) is 0 Å². The van der Waals surface area contributed by atoms with Crippen LogP contribution >= 0.6 is 15.9 Å². The molecule has 0 aromatic rings. The number of rotatable bonds is 5. The highest BCUT2D eigenvalue weighted by atomic mass is 79.9. The molecule has 1 saturated carbocycles. The van der Waals surface area contributed by atoms with Crippen LogP contribution in [0.1, 0.15) is 26.7 Å². The summed E-state index contributed by atoms with van der Waals surface area (Å²) in [5.41, 5.74) is 0. The van der Waals surface area contributed by atoms with Gasteiger partial charge in [-0.15, -0.1) is 0 Å². The van der Waals surface area contributed by atoms with Crippen LogP contribution in [0.5, 0.6) is 0 Å². The molecule has 12 heavy (non-hydrogen) atoms. The maximum absolute atomic E-state index is 5.63. The third-order valence-corrected chi connectivity index (χ3v) is 2.97. The van der Waals surface area contributed by atoms with Crippen LogP contribution in [0.2, 0.25) is 0 Å². The Labute approximate surface area is 82.7 Å². The molecule has 1 rings (SSSR count). The van der Waals surface area contributed by atoms with Gasteiger partial charge in [0.2, 0.25) is 0 Å². The fraction of sp³-hybridized carbons (Fsp3) is 1.00. The third-order valence-electron chi connectivity index (χ3n) is 2.08. The molecule has 1 fully saturated rings. The van der Waals surface area contributed by atoms with Crippen molar-refractivity contribution in [2.75, 3.05) is 13.2 Å². The molecule has 3 unspecified atom stereocenters. The first-order valence-electron chi connectivity index (χ1n) is 4.66. The van der Waals surface area contributed by atoms with Crippen molar-refractivity contribution in [3.63, 3.8) is 0 Å². The topological polar surface area (TPSA) is 18.5 Å². The molecule has 72 valence electrons. The van der Waals surface area contributed by atoms with Gasteiger partial charge in [-0.25, -0.2) is 0 Å².